The predicted octanol–water partition coefficient (Wildman–Crippen LogP) is 3.58. The van der Waals surface area contributed by atoms with Crippen molar-refractivity contribution in [2.75, 3.05) is 0 Å². The minimum Gasteiger partial charge on any atom is -0.299 e. The van der Waals surface area contributed by atoms with Crippen LogP contribution in [0.15, 0.2) is 30.3 Å². The standard InChI is InChI=1S/C16H18O/c17-16-13-7-12-15(16)11-6-2-5-10-14-8-3-1-4-9-14/h1,3-4,8-9,15H,2,6-7,11-13H2. The van der Waals surface area contributed by atoms with Crippen LogP contribution in [0, 0.1) is 17.8 Å². The highest BCUT2D eigenvalue weighted by Gasteiger charge is 2.23. The summed E-state index contributed by atoms with van der Waals surface area (Å²) in [5.74, 6) is 7.14. The van der Waals surface area contributed by atoms with Crippen LogP contribution in [0.4, 0.5) is 0 Å². The first-order chi connectivity index (χ1) is 8.36. The lowest BCUT2D eigenvalue weighted by molar-refractivity contribution is -0.120. The molecule has 1 fully saturated rings. The predicted molar refractivity (Wildman–Crippen MR) is 69.5 cm³/mol. The molecule has 1 aliphatic carbocycles. The van der Waals surface area contributed by atoms with E-state index in [1.165, 1.54) is 0 Å². The van der Waals surface area contributed by atoms with E-state index in [1.54, 1.807) is 0 Å². The summed E-state index contributed by atoms with van der Waals surface area (Å²) < 4.78 is 0. The minimum atomic E-state index is 0.341. The summed E-state index contributed by atoms with van der Waals surface area (Å²) in [5, 5.41) is 0. The molecule has 0 radical (unpaired) electrons. The molecule has 1 aliphatic rings. The fourth-order valence-corrected chi connectivity index (χ4v) is 2.32. The number of benzene rings is 1. The molecule has 1 heteroatoms. The van der Waals surface area contributed by atoms with Crippen LogP contribution in [0.1, 0.15) is 44.1 Å². The van der Waals surface area contributed by atoms with Gasteiger partial charge < -0.3 is 0 Å². The average Bonchev–Trinajstić information content (AvgIpc) is 2.76. The molecule has 1 unspecified atom stereocenters. The largest absolute Gasteiger partial charge is 0.299 e. The molecule has 0 amide bonds. The van der Waals surface area contributed by atoms with E-state index in [4.69, 9.17) is 0 Å². The van der Waals surface area contributed by atoms with E-state index in [0.29, 0.717) is 11.7 Å². The van der Waals surface area contributed by atoms with Crippen LogP contribution < -0.4 is 0 Å². The molecule has 0 heterocycles. The first-order valence-corrected chi connectivity index (χ1v) is 6.43. The lowest BCUT2D eigenvalue weighted by atomic mass is 10.00. The Morgan fingerprint density at radius 1 is 1.24 bits per heavy atom. The van der Waals surface area contributed by atoms with Gasteiger partial charge in [0.2, 0.25) is 0 Å². The SMILES string of the molecule is O=C1CCCC1CCCC#Cc1ccccc1. The third-order valence-electron chi connectivity index (χ3n) is 3.29. The molecule has 0 aliphatic heterocycles. The maximum Gasteiger partial charge on any atom is 0.135 e. The van der Waals surface area contributed by atoms with Crippen molar-refractivity contribution in [1.29, 1.82) is 0 Å². The second-order valence-electron chi connectivity index (χ2n) is 4.62. The average molecular weight is 226 g/mol. The lowest BCUT2D eigenvalue weighted by Gasteiger charge is -2.04. The number of rotatable bonds is 3. The second-order valence-corrected chi connectivity index (χ2v) is 4.62. The Bertz CT molecular complexity index is 422. The zero-order chi connectivity index (χ0) is 11.9. The fourth-order valence-electron chi connectivity index (χ4n) is 2.32. The topological polar surface area (TPSA) is 17.1 Å². The molecular weight excluding hydrogens is 208 g/mol. The van der Waals surface area contributed by atoms with E-state index in [2.05, 4.69) is 11.8 Å². The molecule has 1 aromatic carbocycles. The molecule has 1 aromatic rings. The van der Waals surface area contributed by atoms with E-state index in [0.717, 1.165) is 44.1 Å². The number of unbranched alkanes of at least 4 members (excludes halogenated alkanes) is 1. The summed E-state index contributed by atoms with van der Waals surface area (Å²) in [4.78, 5) is 11.4. The van der Waals surface area contributed by atoms with Gasteiger partial charge in [-0.25, -0.2) is 0 Å². The Morgan fingerprint density at radius 3 is 2.76 bits per heavy atom. The lowest BCUT2D eigenvalue weighted by Crippen LogP contribution is -2.05. The summed E-state index contributed by atoms with van der Waals surface area (Å²) in [6.07, 6.45) is 5.99. The number of Topliss-reactive ketones (excluding diaryl/α,β-unsaturated/α-hetero) is 1. The van der Waals surface area contributed by atoms with Crippen molar-refractivity contribution in [2.24, 2.45) is 5.92 Å². The van der Waals surface area contributed by atoms with Gasteiger partial charge in [0, 0.05) is 24.3 Å². The van der Waals surface area contributed by atoms with E-state index >= 15 is 0 Å². The molecular formula is C16H18O. The van der Waals surface area contributed by atoms with Gasteiger partial charge >= 0.3 is 0 Å². The molecule has 1 nitrogen and oxygen atoms in total. The highest BCUT2D eigenvalue weighted by Crippen LogP contribution is 2.25. The van der Waals surface area contributed by atoms with Gasteiger partial charge in [0.1, 0.15) is 5.78 Å². The number of carbonyl (C=O) groups is 1. The Balaban J connectivity index is 1.70. The Labute approximate surface area is 103 Å². The van der Waals surface area contributed by atoms with Crippen LogP contribution >= 0.6 is 0 Å². The molecule has 0 bridgehead atoms. The molecule has 0 spiro atoms. The number of ketones is 1. The zero-order valence-electron chi connectivity index (χ0n) is 10.1. The van der Waals surface area contributed by atoms with Crippen LogP contribution in [-0.4, -0.2) is 5.78 Å². The van der Waals surface area contributed by atoms with Crippen molar-refractivity contribution in [3.63, 3.8) is 0 Å². The smallest absolute Gasteiger partial charge is 0.135 e. The second kappa shape index (κ2) is 6.25. The molecule has 1 atom stereocenters. The van der Waals surface area contributed by atoms with Gasteiger partial charge in [-0.15, -0.1) is 0 Å². The first kappa shape index (κ1) is 11.9. The number of carbonyl (C=O) groups excluding carboxylic acids is 1. The molecule has 1 saturated carbocycles. The third-order valence-corrected chi connectivity index (χ3v) is 3.29. The maximum atomic E-state index is 11.4. The normalized spacial score (nSPS) is 18.8. The van der Waals surface area contributed by atoms with Crippen molar-refractivity contribution < 1.29 is 4.79 Å². The van der Waals surface area contributed by atoms with Crippen LogP contribution in [0.3, 0.4) is 0 Å². The highest BCUT2D eigenvalue weighted by atomic mass is 16.1. The molecule has 2 rings (SSSR count). The molecule has 88 valence electrons. The maximum absolute atomic E-state index is 11.4. The van der Waals surface area contributed by atoms with Crippen LogP contribution in [0.5, 0.6) is 0 Å². The Hall–Kier alpha value is -1.55. The molecule has 0 saturated heterocycles. The van der Waals surface area contributed by atoms with Crippen molar-refractivity contribution in [3.05, 3.63) is 35.9 Å². The van der Waals surface area contributed by atoms with Gasteiger partial charge in [-0.3, -0.25) is 4.79 Å². The highest BCUT2D eigenvalue weighted by molar-refractivity contribution is 5.82. The van der Waals surface area contributed by atoms with Crippen molar-refractivity contribution in [2.45, 2.75) is 38.5 Å². The Kier molecular flexibility index (Phi) is 4.38. The summed E-state index contributed by atoms with van der Waals surface area (Å²) >= 11 is 0. The minimum absolute atomic E-state index is 0.341. The van der Waals surface area contributed by atoms with Crippen LogP contribution in [0.2, 0.25) is 0 Å². The van der Waals surface area contributed by atoms with Crippen LogP contribution in [-0.2, 0) is 4.79 Å². The summed E-state index contributed by atoms with van der Waals surface area (Å²) in [5.41, 5.74) is 1.07. The van der Waals surface area contributed by atoms with Crippen molar-refractivity contribution >= 4 is 5.78 Å². The third kappa shape index (κ3) is 3.75. The molecule has 17 heavy (non-hydrogen) atoms. The molecule has 0 N–H and O–H groups in total. The van der Waals surface area contributed by atoms with Gasteiger partial charge in [0.15, 0.2) is 0 Å². The van der Waals surface area contributed by atoms with E-state index in [9.17, 15) is 4.79 Å². The zero-order valence-corrected chi connectivity index (χ0v) is 10.1. The van der Waals surface area contributed by atoms with Gasteiger partial charge in [0.25, 0.3) is 0 Å². The van der Waals surface area contributed by atoms with E-state index in [1.807, 2.05) is 30.3 Å². The van der Waals surface area contributed by atoms with Gasteiger partial charge in [-0.2, -0.15) is 0 Å². The van der Waals surface area contributed by atoms with Crippen LogP contribution in [0.25, 0.3) is 0 Å². The van der Waals surface area contributed by atoms with Gasteiger partial charge in [0.05, 0.1) is 0 Å². The summed E-state index contributed by atoms with van der Waals surface area (Å²) in [6, 6.07) is 10.0. The summed E-state index contributed by atoms with van der Waals surface area (Å²) in [7, 11) is 0. The van der Waals surface area contributed by atoms with E-state index < -0.39 is 0 Å². The van der Waals surface area contributed by atoms with Gasteiger partial charge in [-0.05, 0) is 37.8 Å². The van der Waals surface area contributed by atoms with E-state index in [-0.39, 0.29) is 0 Å². The number of hydrogen-bond donors (Lipinski definition) is 0. The van der Waals surface area contributed by atoms with Crippen molar-refractivity contribution in [3.8, 4) is 11.8 Å². The van der Waals surface area contributed by atoms with Crippen molar-refractivity contribution in [1.82, 2.24) is 0 Å². The monoisotopic (exact) mass is 226 g/mol. The number of hydrogen-bond acceptors (Lipinski definition) is 1. The Morgan fingerprint density at radius 2 is 2.06 bits per heavy atom. The van der Waals surface area contributed by atoms with Gasteiger partial charge in [-0.1, -0.05) is 30.0 Å². The fraction of sp³-hybridized carbons (Fsp3) is 0.438. The quantitative estimate of drug-likeness (QED) is 0.568. The summed E-state index contributed by atoms with van der Waals surface area (Å²) in [6.45, 7) is 0. The first-order valence-electron chi connectivity index (χ1n) is 6.43. The molecule has 0 aromatic heterocycles.